The number of aryl methyl sites for hydroxylation is 1. The molecule has 0 aliphatic heterocycles. The fourth-order valence-corrected chi connectivity index (χ4v) is 4.24. The minimum absolute atomic E-state index is 0.379. The molecular weight excluding hydrogens is 400 g/mol. The Labute approximate surface area is 177 Å². The van der Waals surface area contributed by atoms with E-state index < -0.39 is 22.0 Å². The number of benzene rings is 3. The van der Waals surface area contributed by atoms with Gasteiger partial charge in [-0.2, -0.15) is 0 Å². The first-order chi connectivity index (χ1) is 14.2. The number of amides is 1. The normalized spacial score (nSPS) is 12.1. The van der Waals surface area contributed by atoms with Crippen molar-refractivity contribution in [2.45, 2.75) is 19.9 Å². The Balaban J connectivity index is 1.80. The largest absolute Gasteiger partial charge is 0.457 e. The number of carbonyl (C=O) groups excluding carboxylic acids is 1. The molecule has 3 aromatic rings. The molecule has 0 radical (unpaired) electrons. The number of ether oxygens (including phenoxy) is 1. The Hall–Kier alpha value is -3.32. The maximum absolute atomic E-state index is 12.8. The molecule has 1 unspecified atom stereocenters. The van der Waals surface area contributed by atoms with Crippen LogP contribution >= 0.6 is 0 Å². The van der Waals surface area contributed by atoms with Gasteiger partial charge >= 0.3 is 0 Å². The van der Waals surface area contributed by atoms with Gasteiger partial charge in [-0.1, -0.05) is 30.3 Å². The van der Waals surface area contributed by atoms with Gasteiger partial charge < -0.3 is 10.1 Å². The number of anilines is 2. The van der Waals surface area contributed by atoms with Gasteiger partial charge in [0.05, 0.1) is 11.9 Å². The molecule has 0 saturated carbocycles. The molecule has 3 rings (SSSR count). The number of nitrogens with zero attached hydrogens (tertiary/aromatic N) is 1. The molecule has 1 amide bonds. The standard InChI is InChI=1S/C23H24N2O4S/c1-17-8-7-9-19(16-17)24-23(26)18(2)25(30(3,27)28)20-12-14-22(15-13-20)29-21-10-5-4-6-11-21/h4-16,18H,1-3H3,(H,24,26). The van der Waals surface area contributed by atoms with Crippen LogP contribution in [-0.2, 0) is 14.8 Å². The summed E-state index contributed by atoms with van der Waals surface area (Å²) in [6.45, 7) is 3.47. The summed E-state index contributed by atoms with van der Waals surface area (Å²) in [5, 5.41) is 2.78. The van der Waals surface area contributed by atoms with Crippen molar-refractivity contribution in [3.8, 4) is 11.5 Å². The van der Waals surface area contributed by atoms with Gasteiger partial charge in [0.25, 0.3) is 0 Å². The van der Waals surface area contributed by atoms with Crippen molar-refractivity contribution < 1.29 is 17.9 Å². The van der Waals surface area contributed by atoms with Crippen molar-refractivity contribution in [1.29, 1.82) is 0 Å². The van der Waals surface area contributed by atoms with Crippen molar-refractivity contribution in [2.75, 3.05) is 15.9 Å². The first-order valence-corrected chi connectivity index (χ1v) is 11.3. The van der Waals surface area contributed by atoms with Crippen LogP contribution in [0.2, 0.25) is 0 Å². The number of hydrogen-bond acceptors (Lipinski definition) is 4. The van der Waals surface area contributed by atoms with E-state index in [2.05, 4.69) is 5.32 Å². The number of rotatable bonds is 7. The molecule has 0 fully saturated rings. The SMILES string of the molecule is Cc1cccc(NC(=O)C(C)N(c2ccc(Oc3ccccc3)cc2)S(C)(=O)=O)c1. The lowest BCUT2D eigenvalue weighted by Gasteiger charge is -2.28. The Morgan fingerprint density at radius 1 is 0.933 bits per heavy atom. The second-order valence-corrected chi connectivity index (χ2v) is 8.86. The molecular formula is C23H24N2O4S. The van der Waals surface area contributed by atoms with E-state index in [1.54, 1.807) is 37.3 Å². The summed E-state index contributed by atoms with van der Waals surface area (Å²) < 4.78 is 31.8. The van der Waals surface area contributed by atoms with Gasteiger partial charge in [-0.3, -0.25) is 9.10 Å². The summed E-state index contributed by atoms with van der Waals surface area (Å²) in [7, 11) is -3.70. The van der Waals surface area contributed by atoms with Crippen LogP contribution in [-0.4, -0.2) is 26.6 Å². The highest BCUT2D eigenvalue weighted by molar-refractivity contribution is 7.92. The highest BCUT2D eigenvalue weighted by Crippen LogP contribution is 2.27. The zero-order valence-corrected chi connectivity index (χ0v) is 17.9. The third-order valence-corrected chi connectivity index (χ3v) is 5.69. The average molecular weight is 425 g/mol. The van der Waals surface area contributed by atoms with Gasteiger partial charge in [0.1, 0.15) is 17.5 Å². The monoisotopic (exact) mass is 424 g/mol. The highest BCUT2D eigenvalue weighted by atomic mass is 32.2. The van der Waals surface area contributed by atoms with E-state index in [9.17, 15) is 13.2 Å². The predicted molar refractivity (Wildman–Crippen MR) is 120 cm³/mol. The summed E-state index contributed by atoms with van der Waals surface area (Å²) in [6, 6.07) is 22.3. The summed E-state index contributed by atoms with van der Waals surface area (Å²) in [5.41, 5.74) is 1.99. The third-order valence-electron chi connectivity index (χ3n) is 4.44. The fraction of sp³-hybridized carbons (Fsp3) is 0.174. The molecule has 0 aliphatic rings. The summed E-state index contributed by atoms with van der Waals surface area (Å²) >= 11 is 0. The van der Waals surface area contributed by atoms with Crippen LogP contribution in [0.4, 0.5) is 11.4 Å². The van der Waals surface area contributed by atoms with Gasteiger partial charge in [0.2, 0.25) is 15.9 Å². The van der Waals surface area contributed by atoms with Crippen LogP contribution in [0.3, 0.4) is 0 Å². The summed E-state index contributed by atoms with van der Waals surface area (Å²) in [4.78, 5) is 12.8. The first-order valence-electron chi connectivity index (χ1n) is 9.44. The van der Waals surface area contributed by atoms with Gasteiger partial charge in [-0.15, -0.1) is 0 Å². The molecule has 7 heteroatoms. The first kappa shape index (κ1) is 21.4. The van der Waals surface area contributed by atoms with Crippen molar-refractivity contribution in [2.24, 2.45) is 0 Å². The Kier molecular flexibility index (Phi) is 6.42. The molecule has 0 saturated heterocycles. The van der Waals surface area contributed by atoms with E-state index in [0.29, 0.717) is 22.9 Å². The molecule has 0 bridgehead atoms. The van der Waals surface area contributed by atoms with Crippen LogP contribution in [0.5, 0.6) is 11.5 Å². The van der Waals surface area contributed by atoms with E-state index in [1.165, 1.54) is 0 Å². The van der Waals surface area contributed by atoms with Crippen LogP contribution in [0.15, 0.2) is 78.9 Å². The van der Waals surface area contributed by atoms with E-state index in [-0.39, 0.29) is 0 Å². The van der Waals surface area contributed by atoms with Crippen LogP contribution in [0, 0.1) is 6.92 Å². The number of carbonyl (C=O) groups is 1. The number of hydrogen-bond donors (Lipinski definition) is 1. The smallest absolute Gasteiger partial charge is 0.247 e. The Bertz CT molecular complexity index is 1110. The van der Waals surface area contributed by atoms with Crippen molar-refractivity contribution in [3.05, 3.63) is 84.4 Å². The maximum Gasteiger partial charge on any atom is 0.247 e. The van der Waals surface area contributed by atoms with E-state index in [0.717, 1.165) is 16.1 Å². The van der Waals surface area contributed by atoms with Crippen LogP contribution in [0.1, 0.15) is 12.5 Å². The molecule has 30 heavy (non-hydrogen) atoms. The second kappa shape index (κ2) is 9.00. The molecule has 1 N–H and O–H groups in total. The maximum atomic E-state index is 12.8. The van der Waals surface area contributed by atoms with Crippen molar-refractivity contribution in [1.82, 2.24) is 0 Å². The molecule has 6 nitrogen and oxygen atoms in total. The molecule has 0 spiro atoms. The average Bonchev–Trinajstić information content (AvgIpc) is 2.69. The van der Waals surface area contributed by atoms with Gasteiger partial charge in [-0.05, 0) is 67.9 Å². The molecule has 156 valence electrons. The third kappa shape index (κ3) is 5.39. The van der Waals surface area contributed by atoms with Crippen LogP contribution < -0.4 is 14.4 Å². The Morgan fingerprint density at radius 3 is 2.17 bits per heavy atom. The lowest BCUT2D eigenvalue weighted by Crippen LogP contribution is -2.45. The van der Waals surface area contributed by atoms with Crippen LogP contribution in [0.25, 0.3) is 0 Å². The molecule has 0 aromatic heterocycles. The molecule has 3 aromatic carbocycles. The zero-order valence-electron chi connectivity index (χ0n) is 17.1. The van der Waals surface area contributed by atoms with E-state index >= 15 is 0 Å². The van der Waals surface area contributed by atoms with E-state index in [1.807, 2.05) is 55.5 Å². The minimum atomic E-state index is -3.70. The molecule has 0 heterocycles. The Morgan fingerprint density at radius 2 is 1.57 bits per heavy atom. The number of para-hydroxylation sites is 1. The number of sulfonamides is 1. The topological polar surface area (TPSA) is 75.7 Å². The number of nitrogens with one attached hydrogen (secondary N) is 1. The van der Waals surface area contributed by atoms with Gasteiger partial charge in [0, 0.05) is 5.69 Å². The minimum Gasteiger partial charge on any atom is -0.457 e. The van der Waals surface area contributed by atoms with Crippen molar-refractivity contribution in [3.63, 3.8) is 0 Å². The predicted octanol–water partition coefficient (Wildman–Crippen LogP) is 4.58. The molecule has 0 aliphatic carbocycles. The lowest BCUT2D eigenvalue weighted by molar-refractivity contribution is -0.116. The quantitative estimate of drug-likeness (QED) is 0.602. The van der Waals surface area contributed by atoms with Gasteiger partial charge in [-0.25, -0.2) is 8.42 Å². The second-order valence-electron chi connectivity index (χ2n) is 7.00. The fourth-order valence-electron chi connectivity index (χ4n) is 3.06. The summed E-state index contributed by atoms with van der Waals surface area (Å²) in [6.07, 6.45) is 1.08. The van der Waals surface area contributed by atoms with Crippen molar-refractivity contribution >= 4 is 27.3 Å². The van der Waals surface area contributed by atoms with Gasteiger partial charge in [0.15, 0.2) is 0 Å². The lowest BCUT2D eigenvalue weighted by atomic mass is 10.2. The summed E-state index contributed by atoms with van der Waals surface area (Å²) in [5.74, 6) is 0.821. The highest BCUT2D eigenvalue weighted by Gasteiger charge is 2.29. The zero-order chi connectivity index (χ0) is 21.7. The molecule has 1 atom stereocenters. The van der Waals surface area contributed by atoms with E-state index in [4.69, 9.17) is 4.74 Å².